The van der Waals surface area contributed by atoms with E-state index in [0.717, 1.165) is 22.6 Å². The lowest BCUT2D eigenvalue weighted by atomic mass is 10.0. The Kier molecular flexibility index (Phi) is 9.23. The molecule has 0 bridgehead atoms. The molecular formula is C66H45N3Si. The number of hydrogen-bond donors (Lipinski definition) is 0. The van der Waals surface area contributed by atoms with E-state index in [1.807, 2.05) is 0 Å². The van der Waals surface area contributed by atoms with E-state index >= 15 is 0 Å². The fraction of sp³-hybridized carbons (Fsp3) is 0. The Morgan fingerprint density at radius 1 is 0.243 bits per heavy atom. The number of rotatable bonds is 8. The van der Waals surface area contributed by atoms with E-state index in [4.69, 9.17) is 0 Å². The minimum atomic E-state index is -2.84. The Balaban J connectivity index is 1.10. The fourth-order valence-electron chi connectivity index (χ4n) is 11.9. The van der Waals surface area contributed by atoms with Crippen LogP contribution in [0.25, 0.3) is 93.6 Å². The van der Waals surface area contributed by atoms with Crippen molar-refractivity contribution >= 4 is 94.2 Å². The van der Waals surface area contributed by atoms with E-state index < -0.39 is 8.07 Å². The van der Waals surface area contributed by atoms with E-state index in [1.54, 1.807) is 0 Å². The van der Waals surface area contributed by atoms with Gasteiger partial charge in [0.05, 0.1) is 44.5 Å². The lowest BCUT2D eigenvalue weighted by Gasteiger charge is -2.34. The molecule has 3 nitrogen and oxygen atoms in total. The molecule has 14 aromatic rings. The van der Waals surface area contributed by atoms with Crippen LogP contribution in [0.3, 0.4) is 0 Å². The molecule has 70 heavy (non-hydrogen) atoms. The van der Waals surface area contributed by atoms with Gasteiger partial charge in [-0.05, 0) is 74.8 Å². The van der Waals surface area contributed by atoms with Crippen LogP contribution in [0, 0.1) is 0 Å². The smallest absolute Gasteiger partial charge is 0.179 e. The number of aromatic nitrogens is 3. The fourth-order valence-corrected chi connectivity index (χ4v) is 16.6. The van der Waals surface area contributed by atoms with Crippen molar-refractivity contribution in [3.8, 4) is 28.2 Å². The van der Waals surface area contributed by atoms with Gasteiger partial charge < -0.3 is 13.7 Å². The first kappa shape index (κ1) is 40.1. The molecule has 0 saturated carbocycles. The molecule has 0 fully saturated rings. The Morgan fingerprint density at radius 3 is 1.27 bits per heavy atom. The van der Waals surface area contributed by atoms with Gasteiger partial charge in [0.1, 0.15) is 0 Å². The molecule has 0 radical (unpaired) electrons. The predicted molar refractivity (Wildman–Crippen MR) is 299 cm³/mol. The minimum absolute atomic E-state index is 1.11. The van der Waals surface area contributed by atoms with Crippen LogP contribution in [-0.2, 0) is 0 Å². The van der Waals surface area contributed by atoms with Crippen molar-refractivity contribution in [2.75, 3.05) is 0 Å². The Labute approximate surface area is 407 Å². The summed E-state index contributed by atoms with van der Waals surface area (Å²) in [4.78, 5) is 0. The van der Waals surface area contributed by atoms with Gasteiger partial charge in [-0.3, -0.25) is 0 Å². The van der Waals surface area contributed by atoms with Crippen LogP contribution in [0.1, 0.15) is 0 Å². The topological polar surface area (TPSA) is 14.8 Å². The van der Waals surface area contributed by atoms with Gasteiger partial charge in [0.15, 0.2) is 8.07 Å². The maximum absolute atomic E-state index is 2.84. The average Bonchev–Trinajstić information content (AvgIpc) is 4.08. The van der Waals surface area contributed by atoms with Gasteiger partial charge in [0, 0.05) is 43.6 Å². The van der Waals surface area contributed by atoms with Crippen molar-refractivity contribution in [1.82, 2.24) is 13.7 Å². The Bertz CT molecular complexity index is 4130. The monoisotopic (exact) mass is 907 g/mol. The molecule has 3 heterocycles. The molecule has 0 unspecified atom stereocenters. The molecule has 0 aliphatic carbocycles. The molecule has 0 aliphatic heterocycles. The summed E-state index contributed by atoms with van der Waals surface area (Å²) in [7, 11) is -2.84. The number of para-hydroxylation sites is 5. The summed E-state index contributed by atoms with van der Waals surface area (Å²) < 4.78 is 7.55. The van der Waals surface area contributed by atoms with E-state index in [-0.39, 0.29) is 0 Å². The second-order valence-electron chi connectivity index (χ2n) is 18.4. The van der Waals surface area contributed by atoms with Gasteiger partial charge in [0.2, 0.25) is 0 Å². The maximum atomic E-state index is 2.55. The van der Waals surface area contributed by atoms with Gasteiger partial charge in [-0.1, -0.05) is 224 Å². The van der Waals surface area contributed by atoms with Crippen LogP contribution in [0.2, 0.25) is 0 Å². The lowest BCUT2D eigenvalue weighted by Crippen LogP contribution is -2.74. The van der Waals surface area contributed by atoms with E-state index in [2.05, 4.69) is 287 Å². The van der Waals surface area contributed by atoms with Gasteiger partial charge in [-0.15, -0.1) is 0 Å². The van der Waals surface area contributed by atoms with Gasteiger partial charge in [-0.25, -0.2) is 0 Å². The number of nitrogens with zero attached hydrogens (tertiary/aromatic N) is 3. The molecular weight excluding hydrogens is 863 g/mol. The second kappa shape index (κ2) is 16.1. The second-order valence-corrected chi connectivity index (χ2v) is 22.2. The summed E-state index contributed by atoms with van der Waals surface area (Å²) in [6.45, 7) is 0. The maximum Gasteiger partial charge on any atom is 0.179 e. The summed E-state index contributed by atoms with van der Waals surface area (Å²) >= 11 is 0. The summed E-state index contributed by atoms with van der Waals surface area (Å²) in [5.74, 6) is 0. The van der Waals surface area contributed by atoms with Crippen molar-refractivity contribution in [1.29, 1.82) is 0 Å². The number of benzene rings is 11. The highest BCUT2D eigenvalue weighted by Gasteiger charge is 2.41. The van der Waals surface area contributed by atoms with Crippen molar-refractivity contribution in [2.45, 2.75) is 0 Å². The normalized spacial score (nSPS) is 12.0. The van der Waals surface area contributed by atoms with E-state index in [9.17, 15) is 0 Å². The third kappa shape index (κ3) is 5.94. The van der Waals surface area contributed by atoms with Crippen molar-refractivity contribution in [3.05, 3.63) is 273 Å². The van der Waals surface area contributed by atoms with E-state index in [1.165, 1.54) is 91.8 Å². The van der Waals surface area contributed by atoms with Crippen LogP contribution in [0.15, 0.2) is 273 Å². The minimum Gasteiger partial charge on any atom is -0.309 e. The Morgan fingerprint density at radius 2 is 0.671 bits per heavy atom. The first-order chi connectivity index (χ1) is 34.8. The highest BCUT2D eigenvalue weighted by Crippen LogP contribution is 2.43. The molecule has 0 spiro atoms. The molecule has 11 aromatic carbocycles. The highest BCUT2D eigenvalue weighted by atomic mass is 28.3. The van der Waals surface area contributed by atoms with Crippen molar-refractivity contribution in [2.24, 2.45) is 0 Å². The summed E-state index contributed by atoms with van der Waals surface area (Å²) in [6.07, 6.45) is 0. The zero-order chi connectivity index (χ0) is 46.2. The quantitative estimate of drug-likeness (QED) is 0.107. The molecule has 328 valence electrons. The number of hydrogen-bond acceptors (Lipinski definition) is 0. The third-order valence-corrected chi connectivity index (χ3v) is 19.6. The summed E-state index contributed by atoms with van der Waals surface area (Å²) in [5, 5.41) is 12.8. The van der Waals surface area contributed by atoms with Gasteiger partial charge >= 0.3 is 0 Å². The average molecular weight is 908 g/mol. The van der Waals surface area contributed by atoms with Crippen LogP contribution >= 0.6 is 0 Å². The molecule has 0 N–H and O–H groups in total. The number of fused-ring (bicyclic) bond motifs is 9. The summed E-state index contributed by atoms with van der Waals surface area (Å²) in [5.41, 5.74) is 12.8. The van der Waals surface area contributed by atoms with Gasteiger partial charge in [0.25, 0.3) is 0 Å². The highest BCUT2D eigenvalue weighted by molar-refractivity contribution is 7.20. The SMILES string of the molecule is c1ccc(-c2ccccc2-n2c3cc(-n4c5ccccc5c5ccc([Si](c6ccccc6)(c6ccccc6)c6ccccc6)cc54)ccc3c3cccc(-n4c5ccccc5c5ccccc54)c32)cc1. The molecule has 0 atom stereocenters. The lowest BCUT2D eigenvalue weighted by molar-refractivity contribution is 1.12. The molecule has 4 heteroatoms. The first-order valence-electron chi connectivity index (χ1n) is 24.2. The molecule has 0 amide bonds. The first-order valence-corrected chi connectivity index (χ1v) is 26.2. The zero-order valence-electron chi connectivity index (χ0n) is 38.3. The standard InChI is InChI=1S/C66H45N3Si/c1-5-22-46(23-6-1)52-30-13-17-35-59(52)69-64-44-47(40-42-57(64)58-34-21-39-63(66(58)69)68-61-37-19-15-31-53(61)54-32-16-20-38-62(54)68)67-60-36-18-14-33-55(60)56-43-41-51(45-65(56)67)70(48-24-7-2-8-25-48,49-26-9-3-10-27-49)50-28-11-4-12-29-50/h1-45H. The van der Waals surface area contributed by atoms with Crippen LogP contribution in [0.5, 0.6) is 0 Å². The van der Waals surface area contributed by atoms with Crippen LogP contribution in [-0.4, -0.2) is 21.8 Å². The zero-order valence-corrected chi connectivity index (χ0v) is 39.3. The van der Waals surface area contributed by atoms with Crippen molar-refractivity contribution < 1.29 is 0 Å². The third-order valence-electron chi connectivity index (χ3n) is 14.8. The van der Waals surface area contributed by atoms with Crippen LogP contribution < -0.4 is 20.7 Å². The molecule has 14 rings (SSSR count). The molecule has 0 saturated heterocycles. The Hall–Kier alpha value is -8.96. The van der Waals surface area contributed by atoms with Crippen LogP contribution in [0.4, 0.5) is 0 Å². The van der Waals surface area contributed by atoms with E-state index in [0.29, 0.717) is 0 Å². The van der Waals surface area contributed by atoms with Gasteiger partial charge in [-0.2, -0.15) is 0 Å². The van der Waals surface area contributed by atoms with Crippen molar-refractivity contribution in [3.63, 3.8) is 0 Å². The molecule has 3 aromatic heterocycles. The summed E-state index contributed by atoms with van der Waals surface area (Å²) in [6, 6.07) is 101. The predicted octanol–water partition coefficient (Wildman–Crippen LogP) is 14.0. The largest absolute Gasteiger partial charge is 0.309 e. The molecule has 0 aliphatic rings.